The van der Waals surface area contributed by atoms with Crippen LogP contribution in [0.5, 0.6) is 0 Å². The van der Waals surface area contributed by atoms with E-state index in [9.17, 15) is 14.4 Å². The molecule has 0 aromatic carbocycles. The third kappa shape index (κ3) is 4.62. The molecule has 21 heavy (non-hydrogen) atoms. The van der Waals surface area contributed by atoms with Gasteiger partial charge in [0, 0.05) is 13.1 Å². The molecule has 0 spiro atoms. The van der Waals surface area contributed by atoms with E-state index in [-0.39, 0.29) is 29.6 Å². The topological polar surface area (TPSA) is 101 Å². The molecule has 2 rings (SSSR count). The predicted octanol–water partition coefficient (Wildman–Crippen LogP) is 0.698. The molecule has 118 valence electrons. The number of nitrogens with two attached hydrogens (primary N) is 1. The van der Waals surface area contributed by atoms with Gasteiger partial charge >= 0.3 is 5.97 Å². The van der Waals surface area contributed by atoms with E-state index in [4.69, 9.17) is 10.8 Å². The second kappa shape index (κ2) is 6.68. The van der Waals surface area contributed by atoms with Crippen molar-refractivity contribution in [2.24, 2.45) is 17.1 Å². The van der Waals surface area contributed by atoms with Gasteiger partial charge in [0.2, 0.25) is 11.8 Å². The first-order chi connectivity index (χ1) is 9.92. The lowest BCUT2D eigenvalue weighted by molar-refractivity contribution is -0.138. The van der Waals surface area contributed by atoms with Gasteiger partial charge in [-0.25, -0.2) is 0 Å². The average molecular weight is 314 g/mol. The van der Waals surface area contributed by atoms with Gasteiger partial charge in [-0.15, -0.1) is 0 Å². The van der Waals surface area contributed by atoms with Crippen LogP contribution in [0.4, 0.5) is 0 Å². The Morgan fingerprint density at radius 3 is 2.62 bits per heavy atom. The molecule has 0 radical (unpaired) electrons. The maximum atomic E-state index is 12.1. The number of carbonyl (C=O) groups is 3. The molecule has 1 atom stereocenters. The zero-order valence-corrected chi connectivity index (χ0v) is 12.9. The Labute approximate surface area is 128 Å². The minimum absolute atomic E-state index is 0.0251. The van der Waals surface area contributed by atoms with Gasteiger partial charge in [0.25, 0.3) is 0 Å². The van der Waals surface area contributed by atoms with Crippen LogP contribution in [0.3, 0.4) is 0 Å². The summed E-state index contributed by atoms with van der Waals surface area (Å²) in [4.78, 5) is 35.8. The van der Waals surface area contributed by atoms with Gasteiger partial charge in [-0.05, 0) is 36.9 Å². The SMILES string of the molecule is NC(=O)C1CCCN(C(=O)CSCC2(CC(=O)O)CC2)C1. The largest absolute Gasteiger partial charge is 0.481 e. The van der Waals surface area contributed by atoms with Crippen molar-refractivity contribution in [2.75, 3.05) is 24.6 Å². The van der Waals surface area contributed by atoms with E-state index in [0.29, 0.717) is 18.8 Å². The lowest BCUT2D eigenvalue weighted by Crippen LogP contribution is -2.44. The van der Waals surface area contributed by atoms with Crippen LogP contribution in [0.15, 0.2) is 0 Å². The molecule has 2 fully saturated rings. The molecule has 0 aromatic heterocycles. The van der Waals surface area contributed by atoms with Crippen molar-refractivity contribution in [1.82, 2.24) is 4.90 Å². The zero-order valence-electron chi connectivity index (χ0n) is 12.0. The van der Waals surface area contributed by atoms with E-state index in [1.807, 2.05) is 0 Å². The summed E-state index contributed by atoms with van der Waals surface area (Å²) in [6, 6.07) is 0. The van der Waals surface area contributed by atoms with Gasteiger partial charge in [-0.2, -0.15) is 11.8 Å². The number of primary amides is 1. The van der Waals surface area contributed by atoms with E-state index in [1.54, 1.807) is 4.90 Å². The van der Waals surface area contributed by atoms with Crippen LogP contribution in [-0.2, 0) is 14.4 Å². The highest BCUT2D eigenvalue weighted by Gasteiger charge is 2.44. The molecular formula is C14H22N2O4S. The molecule has 1 saturated heterocycles. The van der Waals surface area contributed by atoms with E-state index in [1.165, 1.54) is 11.8 Å². The lowest BCUT2D eigenvalue weighted by Gasteiger charge is -2.31. The summed E-state index contributed by atoms with van der Waals surface area (Å²) >= 11 is 1.51. The van der Waals surface area contributed by atoms with Gasteiger partial charge in [0.05, 0.1) is 18.1 Å². The second-order valence-corrected chi connectivity index (χ2v) is 7.13. The number of carboxylic acid groups (broad SMARTS) is 1. The molecule has 0 aromatic rings. The van der Waals surface area contributed by atoms with Crippen molar-refractivity contribution >= 4 is 29.5 Å². The lowest BCUT2D eigenvalue weighted by atomic mass is 9.97. The smallest absolute Gasteiger partial charge is 0.303 e. The third-order valence-electron chi connectivity index (χ3n) is 4.29. The van der Waals surface area contributed by atoms with Crippen molar-refractivity contribution in [1.29, 1.82) is 0 Å². The Morgan fingerprint density at radius 1 is 1.33 bits per heavy atom. The first-order valence-electron chi connectivity index (χ1n) is 7.28. The number of hydrogen-bond donors (Lipinski definition) is 2. The first kappa shape index (κ1) is 16.1. The van der Waals surface area contributed by atoms with Gasteiger partial charge in [0.15, 0.2) is 0 Å². The predicted molar refractivity (Wildman–Crippen MR) is 79.7 cm³/mol. The fourth-order valence-electron chi connectivity index (χ4n) is 2.75. The Bertz CT molecular complexity index is 437. The summed E-state index contributed by atoms with van der Waals surface area (Å²) in [6.45, 7) is 1.11. The first-order valence-corrected chi connectivity index (χ1v) is 8.44. The second-order valence-electron chi connectivity index (χ2n) is 6.14. The monoisotopic (exact) mass is 314 g/mol. The zero-order chi connectivity index (χ0) is 15.5. The molecule has 1 saturated carbocycles. The van der Waals surface area contributed by atoms with Gasteiger partial charge in [-0.3, -0.25) is 14.4 Å². The Balaban J connectivity index is 1.72. The van der Waals surface area contributed by atoms with Gasteiger partial charge < -0.3 is 15.7 Å². The highest BCUT2D eigenvalue weighted by molar-refractivity contribution is 7.99. The number of nitrogens with zero attached hydrogens (tertiary/aromatic N) is 1. The summed E-state index contributed by atoms with van der Waals surface area (Å²) in [5.74, 6) is -0.227. The molecule has 2 amide bonds. The van der Waals surface area contributed by atoms with Crippen molar-refractivity contribution in [3.8, 4) is 0 Å². The number of aliphatic carboxylic acids is 1. The maximum absolute atomic E-state index is 12.1. The molecule has 1 heterocycles. The van der Waals surface area contributed by atoms with Crippen molar-refractivity contribution in [2.45, 2.75) is 32.1 Å². The summed E-state index contributed by atoms with van der Waals surface area (Å²) < 4.78 is 0. The van der Waals surface area contributed by atoms with E-state index < -0.39 is 5.97 Å². The number of piperidine rings is 1. The number of amides is 2. The van der Waals surface area contributed by atoms with E-state index in [2.05, 4.69) is 0 Å². The summed E-state index contributed by atoms with van der Waals surface area (Å²) in [5.41, 5.74) is 5.21. The molecule has 0 bridgehead atoms. The number of carbonyl (C=O) groups excluding carboxylic acids is 2. The molecule has 7 heteroatoms. The van der Waals surface area contributed by atoms with Crippen molar-refractivity contribution in [3.05, 3.63) is 0 Å². The molecule has 3 N–H and O–H groups in total. The average Bonchev–Trinajstić information content (AvgIpc) is 3.17. The number of thioether (sulfide) groups is 1. The number of carboxylic acids is 1. The minimum Gasteiger partial charge on any atom is -0.481 e. The Kier molecular flexibility index (Phi) is 5.13. The molecule has 6 nitrogen and oxygen atoms in total. The highest BCUT2D eigenvalue weighted by Crippen LogP contribution is 2.51. The van der Waals surface area contributed by atoms with Crippen LogP contribution in [0, 0.1) is 11.3 Å². The minimum atomic E-state index is -0.764. The Hall–Kier alpha value is -1.24. The Morgan fingerprint density at radius 2 is 2.05 bits per heavy atom. The van der Waals surface area contributed by atoms with E-state index >= 15 is 0 Å². The molecular weight excluding hydrogens is 292 g/mol. The van der Waals surface area contributed by atoms with Crippen LogP contribution in [0.25, 0.3) is 0 Å². The van der Waals surface area contributed by atoms with Crippen LogP contribution in [0.1, 0.15) is 32.1 Å². The normalized spacial score (nSPS) is 23.6. The van der Waals surface area contributed by atoms with Crippen LogP contribution >= 0.6 is 11.8 Å². The highest BCUT2D eigenvalue weighted by atomic mass is 32.2. The summed E-state index contributed by atoms with van der Waals surface area (Å²) in [6.07, 6.45) is 3.64. The fraction of sp³-hybridized carbons (Fsp3) is 0.786. The van der Waals surface area contributed by atoms with E-state index in [0.717, 1.165) is 31.4 Å². The van der Waals surface area contributed by atoms with Crippen molar-refractivity contribution in [3.63, 3.8) is 0 Å². The molecule has 2 aliphatic rings. The number of hydrogen-bond acceptors (Lipinski definition) is 4. The summed E-state index contributed by atoms with van der Waals surface area (Å²) in [7, 11) is 0. The number of likely N-dealkylation sites (tertiary alicyclic amines) is 1. The number of rotatable bonds is 7. The third-order valence-corrected chi connectivity index (χ3v) is 5.56. The summed E-state index contributed by atoms with van der Waals surface area (Å²) in [5, 5.41) is 8.85. The van der Waals surface area contributed by atoms with Crippen LogP contribution < -0.4 is 5.73 Å². The van der Waals surface area contributed by atoms with Crippen molar-refractivity contribution < 1.29 is 19.5 Å². The van der Waals surface area contributed by atoms with Crippen LogP contribution in [0.2, 0.25) is 0 Å². The van der Waals surface area contributed by atoms with Gasteiger partial charge in [0.1, 0.15) is 0 Å². The van der Waals surface area contributed by atoms with Gasteiger partial charge in [-0.1, -0.05) is 0 Å². The van der Waals surface area contributed by atoms with Crippen LogP contribution in [-0.4, -0.2) is 52.4 Å². The fourth-order valence-corrected chi connectivity index (χ4v) is 4.03. The molecule has 1 aliphatic heterocycles. The molecule has 1 unspecified atom stereocenters. The quantitative estimate of drug-likeness (QED) is 0.720. The maximum Gasteiger partial charge on any atom is 0.303 e. The standard InChI is InChI=1S/C14H22N2O4S/c15-13(20)10-2-1-5-16(7-10)11(17)8-21-9-14(3-4-14)6-12(18)19/h10H,1-9H2,(H2,15,20)(H,18,19). The molecule has 1 aliphatic carbocycles.